The van der Waals surface area contributed by atoms with Gasteiger partial charge in [0, 0.05) is 10.9 Å². The van der Waals surface area contributed by atoms with Gasteiger partial charge in [-0.2, -0.15) is 0 Å². The largest absolute Gasteiger partial charge is 0.497 e. The second-order valence-corrected chi connectivity index (χ2v) is 4.58. The van der Waals surface area contributed by atoms with Crippen molar-refractivity contribution in [1.29, 1.82) is 0 Å². The van der Waals surface area contributed by atoms with Gasteiger partial charge in [0.25, 0.3) is 0 Å². The first-order chi connectivity index (χ1) is 10.2. The molecule has 1 heterocycles. The molecule has 0 unspecified atom stereocenters. The standard InChI is InChI=1S/C17H14O4/c1-19-14-7-8-15-13(9-14)10-16(21-15)11-3-5-12(6-4-11)17(18)20-2/h3-10H,1-2H3. The molecule has 3 rings (SSSR count). The average molecular weight is 282 g/mol. The molecule has 0 aliphatic carbocycles. The van der Waals surface area contributed by atoms with Crippen LogP contribution in [0.4, 0.5) is 0 Å². The van der Waals surface area contributed by atoms with E-state index in [4.69, 9.17) is 9.15 Å². The minimum atomic E-state index is -0.351. The number of ether oxygens (including phenoxy) is 2. The van der Waals surface area contributed by atoms with Crippen molar-refractivity contribution in [3.63, 3.8) is 0 Å². The summed E-state index contributed by atoms with van der Waals surface area (Å²) in [6, 6.07) is 14.7. The van der Waals surface area contributed by atoms with E-state index < -0.39 is 0 Å². The fourth-order valence-electron chi connectivity index (χ4n) is 2.18. The summed E-state index contributed by atoms with van der Waals surface area (Å²) in [5.41, 5.74) is 2.21. The first kappa shape index (κ1) is 13.2. The molecule has 0 fully saturated rings. The molecule has 0 N–H and O–H groups in total. The lowest BCUT2D eigenvalue weighted by molar-refractivity contribution is 0.0601. The molecule has 0 amide bonds. The molecule has 0 bridgehead atoms. The minimum Gasteiger partial charge on any atom is -0.497 e. The van der Waals surface area contributed by atoms with Crippen LogP contribution in [0.2, 0.25) is 0 Å². The lowest BCUT2D eigenvalue weighted by Crippen LogP contribution is -2.00. The summed E-state index contributed by atoms with van der Waals surface area (Å²) in [5, 5.41) is 0.974. The van der Waals surface area contributed by atoms with Gasteiger partial charge in [-0.15, -0.1) is 0 Å². The van der Waals surface area contributed by atoms with E-state index in [1.807, 2.05) is 36.4 Å². The summed E-state index contributed by atoms with van der Waals surface area (Å²) < 4.78 is 15.7. The van der Waals surface area contributed by atoms with Crippen LogP contribution in [0.3, 0.4) is 0 Å². The molecule has 4 heteroatoms. The smallest absolute Gasteiger partial charge is 0.337 e. The van der Waals surface area contributed by atoms with Crippen LogP contribution in [0.15, 0.2) is 52.9 Å². The molecule has 0 aliphatic heterocycles. The molecule has 0 saturated carbocycles. The van der Waals surface area contributed by atoms with Crippen molar-refractivity contribution in [3.05, 3.63) is 54.1 Å². The van der Waals surface area contributed by atoms with Crippen molar-refractivity contribution in [2.24, 2.45) is 0 Å². The Morgan fingerprint density at radius 3 is 2.43 bits per heavy atom. The maximum absolute atomic E-state index is 11.4. The summed E-state index contributed by atoms with van der Waals surface area (Å²) in [4.78, 5) is 11.4. The Morgan fingerprint density at radius 2 is 1.76 bits per heavy atom. The number of esters is 1. The normalized spacial score (nSPS) is 10.6. The van der Waals surface area contributed by atoms with Crippen LogP contribution in [-0.2, 0) is 4.74 Å². The first-order valence-corrected chi connectivity index (χ1v) is 6.47. The topological polar surface area (TPSA) is 48.7 Å². The molecule has 21 heavy (non-hydrogen) atoms. The van der Waals surface area contributed by atoms with Crippen LogP contribution < -0.4 is 4.74 Å². The number of hydrogen-bond donors (Lipinski definition) is 0. The Morgan fingerprint density at radius 1 is 1.00 bits per heavy atom. The van der Waals surface area contributed by atoms with Crippen LogP contribution in [0.1, 0.15) is 10.4 Å². The van der Waals surface area contributed by atoms with Crippen LogP contribution in [0.5, 0.6) is 5.75 Å². The monoisotopic (exact) mass is 282 g/mol. The van der Waals surface area contributed by atoms with Crippen LogP contribution >= 0.6 is 0 Å². The zero-order valence-corrected chi connectivity index (χ0v) is 11.8. The Kier molecular flexibility index (Phi) is 3.36. The van der Waals surface area contributed by atoms with Gasteiger partial charge in [0.05, 0.1) is 19.8 Å². The number of carbonyl (C=O) groups is 1. The molecule has 3 aromatic rings. The number of fused-ring (bicyclic) bond motifs is 1. The van der Waals surface area contributed by atoms with Gasteiger partial charge in [-0.1, -0.05) is 12.1 Å². The van der Waals surface area contributed by atoms with E-state index in [0.717, 1.165) is 28.0 Å². The summed E-state index contributed by atoms with van der Waals surface area (Å²) in [6.07, 6.45) is 0. The summed E-state index contributed by atoms with van der Waals surface area (Å²) in [7, 11) is 3.00. The Labute approximate surface area is 121 Å². The van der Waals surface area contributed by atoms with Crippen molar-refractivity contribution in [3.8, 4) is 17.1 Å². The van der Waals surface area contributed by atoms with E-state index in [-0.39, 0.29) is 5.97 Å². The molecule has 2 aromatic carbocycles. The second-order valence-electron chi connectivity index (χ2n) is 4.58. The molecule has 0 radical (unpaired) electrons. The predicted molar refractivity (Wildman–Crippen MR) is 79.5 cm³/mol. The fraction of sp³-hybridized carbons (Fsp3) is 0.118. The number of furan rings is 1. The summed E-state index contributed by atoms with van der Waals surface area (Å²) in [6.45, 7) is 0. The van der Waals surface area contributed by atoms with Gasteiger partial charge in [-0.05, 0) is 36.4 Å². The van der Waals surface area contributed by atoms with Crippen molar-refractivity contribution in [1.82, 2.24) is 0 Å². The van der Waals surface area contributed by atoms with E-state index in [1.54, 1.807) is 19.2 Å². The highest BCUT2D eigenvalue weighted by atomic mass is 16.5. The average Bonchev–Trinajstić information content (AvgIpc) is 2.97. The van der Waals surface area contributed by atoms with Gasteiger partial charge >= 0.3 is 5.97 Å². The van der Waals surface area contributed by atoms with Crippen LogP contribution in [0, 0.1) is 0 Å². The molecule has 106 valence electrons. The molecule has 0 atom stereocenters. The number of methoxy groups -OCH3 is 2. The van der Waals surface area contributed by atoms with E-state index >= 15 is 0 Å². The highest BCUT2D eigenvalue weighted by Gasteiger charge is 2.09. The van der Waals surface area contributed by atoms with Gasteiger partial charge in [0.2, 0.25) is 0 Å². The molecule has 0 saturated heterocycles. The lowest BCUT2D eigenvalue weighted by Gasteiger charge is -2.00. The highest BCUT2D eigenvalue weighted by molar-refractivity contribution is 5.90. The highest BCUT2D eigenvalue weighted by Crippen LogP contribution is 2.30. The van der Waals surface area contributed by atoms with Crippen molar-refractivity contribution in [2.45, 2.75) is 0 Å². The van der Waals surface area contributed by atoms with Gasteiger partial charge in [0.1, 0.15) is 17.1 Å². The fourth-order valence-corrected chi connectivity index (χ4v) is 2.18. The van der Waals surface area contributed by atoms with Gasteiger partial charge in [-0.3, -0.25) is 0 Å². The maximum Gasteiger partial charge on any atom is 0.337 e. The molecular formula is C17H14O4. The van der Waals surface area contributed by atoms with Gasteiger partial charge in [0.15, 0.2) is 0 Å². The van der Waals surface area contributed by atoms with Crippen LogP contribution in [-0.4, -0.2) is 20.2 Å². The van der Waals surface area contributed by atoms with E-state index in [0.29, 0.717) is 5.56 Å². The Hall–Kier alpha value is -2.75. The number of carbonyl (C=O) groups excluding carboxylic acids is 1. The van der Waals surface area contributed by atoms with Gasteiger partial charge < -0.3 is 13.9 Å². The second kappa shape index (κ2) is 5.32. The zero-order chi connectivity index (χ0) is 14.8. The first-order valence-electron chi connectivity index (χ1n) is 6.47. The lowest BCUT2D eigenvalue weighted by atomic mass is 10.1. The molecule has 0 aliphatic rings. The van der Waals surface area contributed by atoms with Crippen LogP contribution in [0.25, 0.3) is 22.3 Å². The van der Waals surface area contributed by atoms with Gasteiger partial charge in [-0.25, -0.2) is 4.79 Å². The predicted octanol–water partition coefficient (Wildman–Crippen LogP) is 3.90. The third-order valence-electron chi connectivity index (χ3n) is 3.31. The number of rotatable bonds is 3. The molecule has 0 spiro atoms. The van der Waals surface area contributed by atoms with Crippen molar-refractivity contribution < 1.29 is 18.7 Å². The summed E-state index contributed by atoms with van der Waals surface area (Å²) in [5.74, 6) is 1.18. The Bertz CT molecular complexity index is 784. The summed E-state index contributed by atoms with van der Waals surface area (Å²) >= 11 is 0. The third kappa shape index (κ3) is 2.48. The number of hydrogen-bond acceptors (Lipinski definition) is 4. The minimum absolute atomic E-state index is 0.351. The van der Waals surface area contributed by atoms with E-state index in [1.165, 1.54) is 7.11 Å². The quantitative estimate of drug-likeness (QED) is 0.684. The zero-order valence-electron chi connectivity index (χ0n) is 11.8. The third-order valence-corrected chi connectivity index (χ3v) is 3.31. The molecule has 4 nitrogen and oxygen atoms in total. The Balaban J connectivity index is 1.98. The number of benzene rings is 2. The SMILES string of the molecule is COC(=O)c1ccc(-c2cc3cc(OC)ccc3o2)cc1. The maximum atomic E-state index is 11.4. The molecule has 1 aromatic heterocycles. The van der Waals surface area contributed by atoms with E-state index in [9.17, 15) is 4.79 Å². The van der Waals surface area contributed by atoms with E-state index in [2.05, 4.69) is 4.74 Å². The van der Waals surface area contributed by atoms with Crippen molar-refractivity contribution >= 4 is 16.9 Å². The van der Waals surface area contributed by atoms with Crippen molar-refractivity contribution in [2.75, 3.05) is 14.2 Å². The molecular weight excluding hydrogens is 268 g/mol.